The number of carbonyl (C=O) groups is 1. The third-order valence-electron chi connectivity index (χ3n) is 2.56. The average molecular weight is 252 g/mol. The van der Waals surface area contributed by atoms with Crippen LogP contribution >= 0.6 is 11.8 Å². The Balaban J connectivity index is 1.99. The van der Waals surface area contributed by atoms with Crippen LogP contribution in [0.15, 0.2) is 18.3 Å². The summed E-state index contributed by atoms with van der Waals surface area (Å²) in [6, 6.07) is 3.52. The molecule has 1 aromatic rings. The van der Waals surface area contributed by atoms with Crippen molar-refractivity contribution < 1.29 is 9.53 Å². The highest BCUT2D eigenvalue weighted by Gasteiger charge is 2.17. The molecule has 0 saturated carbocycles. The monoisotopic (exact) mass is 252 g/mol. The van der Waals surface area contributed by atoms with Crippen molar-refractivity contribution in [2.45, 2.75) is 12.5 Å². The largest absolute Gasteiger partial charge is 0.473 e. The van der Waals surface area contributed by atoms with E-state index in [-0.39, 0.29) is 12.0 Å². The van der Waals surface area contributed by atoms with Gasteiger partial charge in [0, 0.05) is 32.1 Å². The van der Waals surface area contributed by atoms with Crippen LogP contribution in [-0.4, -0.2) is 47.5 Å². The molecule has 2 heterocycles. The van der Waals surface area contributed by atoms with Crippen LogP contribution in [0.3, 0.4) is 0 Å². The fourth-order valence-corrected chi connectivity index (χ4v) is 2.71. The number of ether oxygens (including phenoxy) is 1. The van der Waals surface area contributed by atoms with E-state index in [0.717, 1.165) is 17.9 Å². The van der Waals surface area contributed by atoms with Crippen LogP contribution in [-0.2, 0) is 0 Å². The lowest BCUT2D eigenvalue weighted by atomic mass is 10.2. The van der Waals surface area contributed by atoms with Gasteiger partial charge in [0.05, 0.1) is 5.56 Å². The molecule has 0 spiro atoms. The van der Waals surface area contributed by atoms with Gasteiger partial charge in [-0.2, -0.15) is 11.8 Å². The Labute approximate surface area is 105 Å². The van der Waals surface area contributed by atoms with Crippen LogP contribution in [0.4, 0.5) is 0 Å². The van der Waals surface area contributed by atoms with Crippen LogP contribution < -0.4 is 4.74 Å². The summed E-state index contributed by atoms with van der Waals surface area (Å²) in [6.07, 6.45) is 2.91. The lowest BCUT2D eigenvalue weighted by Gasteiger charge is -2.12. The number of carbonyl (C=O) groups excluding carboxylic acids is 1. The third kappa shape index (κ3) is 3.12. The molecule has 5 heteroatoms. The van der Waals surface area contributed by atoms with E-state index in [1.807, 2.05) is 11.8 Å². The van der Waals surface area contributed by atoms with Gasteiger partial charge in [0.15, 0.2) is 0 Å². The summed E-state index contributed by atoms with van der Waals surface area (Å²) in [5.74, 6) is 2.75. The van der Waals surface area contributed by atoms with Gasteiger partial charge in [0.25, 0.3) is 5.91 Å². The van der Waals surface area contributed by atoms with Crippen molar-refractivity contribution in [3.05, 3.63) is 23.9 Å². The maximum Gasteiger partial charge on any atom is 0.254 e. The van der Waals surface area contributed by atoms with Gasteiger partial charge in [-0.3, -0.25) is 4.79 Å². The molecule has 0 bridgehead atoms. The SMILES string of the molecule is CN(C)C(=O)c1ccc(OC2CCSC2)nc1. The Morgan fingerprint density at radius 2 is 2.35 bits per heavy atom. The molecule has 1 atom stereocenters. The van der Waals surface area contributed by atoms with Gasteiger partial charge in [-0.15, -0.1) is 0 Å². The topological polar surface area (TPSA) is 42.4 Å². The van der Waals surface area contributed by atoms with E-state index < -0.39 is 0 Å². The third-order valence-corrected chi connectivity index (χ3v) is 3.70. The maximum absolute atomic E-state index is 11.6. The Morgan fingerprint density at radius 3 is 2.88 bits per heavy atom. The molecule has 1 saturated heterocycles. The van der Waals surface area contributed by atoms with Crippen molar-refractivity contribution in [3.63, 3.8) is 0 Å². The molecule has 1 amide bonds. The fraction of sp³-hybridized carbons (Fsp3) is 0.500. The molecule has 0 radical (unpaired) electrons. The van der Waals surface area contributed by atoms with Crippen LogP contribution in [0.5, 0.6) is 5.88 Å². The van der Waals surface area contributed by atoms with Crippen molar-refractivity contribution in [1.82, 2.24) is 9.88 Å². The Bertz CT molecular complexity index is 386. The van der Waals surface area contributed by atoms with Gasteiger partial charge in [-0.05, 0) is 18.2 Å². The standard InChI is InChI=1S/C12H16N2O2S/c1-14(2)12(15)9-3-4-11(13-7-9)16-10-5-6-17-8-10/h3-4,7,10H,5-6,8H2,1-2H3. The van der Waals surface area contributed by atoms with Crippen molar-refractivity contribution in [1.29, 1.82) is 0 Å². The van der Waals surface area contributed by atoms with Crippen LogP contribution in [0, 0.1) is 0 Å². The molecule has 92 valence electrons. The number of pyridine rings is 1. The zero-order valence-corrected chi connectivity index (χ0v) is 10.9. The summed E-state index contributed by atoms with van der Waals surface area (Å²) in [5, 5.41) is 0. The van der Waals surface area contributed by atoms with Gasteiger partial charge in [-0.1, -0.05) is 0 Å². The second-order valence-electron chi connectivity index (χ2n) is 4.19. The highest BCUT2D eigenvalue weighted by molar-refractivity contribution is 7.99. The molecule has 1 fully saturated rings. The summed E-state index contributed by atoms with van der Waals surface area (Å²) in [4.78, 5) is 17.3. The highest BCUT2D eigenvalue weighted by Crippen LogP contribution is 2.22. The first-order valence-electron chi connectivity index (χ1n) is 5.59. The lowest BCUT2D eigenvalue weighted by Crippen LogP contribution is -2.22. The minimum absolute atomic E-state index is 0.0412. The molecular weight excluding hydrogens is 236 g/mol. The van der Waals surface area contributed by atoms with Crippen molar-refractivity contribution in [2.75, 3.05) is 25.6 Å². The van der Waals surface area contributed by atoms with Gasteiger partial charge < -0.3 is 9.64 Å². The number of amides is 1. The van der Waals surface area contributed by atoms with Gasteiger partial charge >= 0.3 is 0 Å². The summed E-state index contributed by atoms with van der Waals surface area (Å²) < 4.78 is 5.71. The first kappa shape index (κ1) is 12.2. The van der Waals surface area contributed by atoms with Crippen LogP contribution in [0.2, 0.25) is 0 Å². The molecule has 0 aromatic carbocycles. The normalized spacial score (nSPS) is 19.1. The average Bonchev–Trinajstić information content (AvgIpc) is 2.82. The van der Waals surface area contributed by atoms with Crippen LogP contribution in [0.1, 0.15) is 16.8 Å². The first-order valence-corrected chi connectivity index (χ1v) is 6.74. The number of hydrogen-bond acceptors (Lipinski definition) is 4. The zero-order chi connectivity index (χ0) is 12.3. The molecule has 4 nitrogen and oxygen atoms in total. The summed E-state index contributed by atoms with van der Waals surface area (Å²) in [7, 11) is 3.45. The van der Waals surface area contributed by atoms with Gasteiger partial charge in [0.2, 0.25) is 5.88 Å². The number of aromatic nitrogens is 1. The zero-order valence-electron chi connectivity index (χ0n) is 10.0. The van der Waals surface area contributed by atoms with E-state index in [4.69, 9.17) is 4.74 Å². The number of hydrogen-bond donors (Lipinski definition) is 0. The quantitative estimate of drug-likeness (QED) is 0.820. The maximum atomic E-state index is 11.6. The summed E-state index contributed by atoms with van der Waals surface area (Å²) in [5.41, 5.74) is 0.586. The Kier molecular flexibility index (Phi) is 3.89. The predicted octanol–water partition coefficient (Wildman–Crippen LogP) is 1.67. The molecule has 1 unspecified atom stereocenters. The van der Waals surface area contributed by atoms with Gasteiger partial charge in [-0.25, -0.2) is 4.98 Å². The lowest BCUT2D eigenvalue weighted by molar-refractivity contribution is 0.0827. The summed E-state index contributed by atoms with van der Waals surface area (Å²) >= 11 is 1.90. The first-order chi connectivity index (χ1) is 8.16. The predicted molar refractivity (Wildman–Crippen MR) is 68.6 cm³/mol. The van der Waals surface area contributed by atoms with Crippen LogP contribution in [0.25, 0.3) is 0 Å². The fourth-order valence-electron chi connectivity index (χ4n) is 1.61. The number of rotatable bonds is 3. The smallest absolute Gasteiger partial charge is 0.254 e. The molecule has 0 N–H and O–H groups in total. The number of thioether (sulfide) groups is 1. The van der Waals surface area contributed by atoms with E-state index in [9.17, 15) is 4.79 Å². The minimum Gasteiger partial charge on any atom is -0.473 e. The second-order valence-corrected chi connectivity index (χ2v) is 5.34. The molecule has 2 rings (SSSR count). The van der Waals surface area contributed by atoms with E-state index >= 15 is 0 Å². The van der Waals surface area contributed by atoms with E-state index in [1.54, 1.807) is 32.4 Å². The van der Waals surface area contributed by atoms with E-state index in [2.05, 4.69) is 4.98 Å². The van der Waals surface area contributed by atoms with E-state index in [1.165, 1.54) is 4.90 Å². The van der Waals surface area contributed by atoms with E-state index in [0.29, 0.717) is 11.4 Å². The van der Waals surface area contributed by atoms with Crippen molar-refractivity contribution in [2.24, 2.45) is 0 Å². The highest BCUT2D eigenvalue weighted by atomic mass is 32.2. The minimum atomic E-state index is -0.0412. The number of nitrogens with zero attached hydrogens (tertiary/aromatic N) is 2. The molecule has 17 heavy (non-hydrogen) atoms. The summed E-state index contributed by atoms with van der Waals surface area (Å²) in [6.45, 7) is 0. The van der Waals surface area contributed by atoms with Crippen molar-refractivity contribution in [3.8, 4) is 5.88 Å². The molecular formula is C12H16N2O2S. The Morgan fingerprint density at radius 1 is 1.53 bits per heavy atom. The Hall–Kier alpha value is -1.23. The van der Waals surface area contributed by atoms with Crippen molar-refractivity contribution >= 4 is 17.7 Å². The molecule has 1 aliphatic rings. The van der Waals surface area contributed by atoms with Gasteiger partial charge in [0.1, 0.15) is 6.10 Å². The second kappa shape index (κ2) is 5.40. The molecule has 1 aliphatic heterocycles. The molecule has 0 aliphatic carbocycles. The molecule has 1 aromatic heterocycles.